The lowest BCUT2D eigenvalue weighted by atomic mass is 10.0. The highest BCUT2D eigenvalue weighted by Crippen LogP contribution is 2.26. The second-order valence-electron chi connectivity index (χ2n) is 6.96. The Morgan fingerprint density at radius 2 is 1.89 bits per heavy atom. The van der Waals surface area contributed by atoms with Crippen LogP contribution in [0.2, 0.25) is 0 Å². The van der Waals surface area contributed by atoms with E-state index in [0.717, 1.165) is 35.8 Å². The Morgan fingerprint density at radius 3 is 2.61 bits per heavy atom. The first kappa shape index (κ1) is 19.7. The van der Waals surface area contributed by atoms with Crippen molar-refractivity contribution in [2.75, 3.05) is 0 Å². The number of nitrogens with two attached hydrogens (primary N) is 1. The van der Waals surface area contributed by atoms with Crippen LogP contribution in [0.3, 0.4) is 0 Å². The third kappa shape index (κ3) is 4.80. The van der Waals surface area contributed by atoms with Crippen molar-refractivity contribution < 1.29 is 14.3 Å². The van der Waals surface area contributed by atoms with Crippen LogP contribution in [0.4, 0.5) is 0 Å². The van der Waals surface area contributed by atoms with Crippen molar-refractivity contribution in [1.29, 1.82) is 0 Å². The Hall–Kier alpha value is -3.08. The number of phenols is 1. The standard InChI is InChI=1S/C23H26N2O3/c1-2-3-4-8-11-17-12-18-13-19(22(24)27)23(28-21(18)14-20(17)26)25-15-16-9-6-5-7-10-16/h5-7,9-10,12-14,26H,2-4,8,11,15H2,1H3,(H2,24,27). The summed E-state index contributed by atoms with van der Waals surface area (Å²) in [5.74, 6) is -0.386. The van der Waals surface area contributed by atoms with Gasteiger partial charge in [-0.25, -0.2) is 4.99 Å². The fourth-order valence-corrected chi connectivity index (χ4v) is 3.19. The lowest BCUT2D eigenvalue weighted by Crippen LogP contribution is -2.22. The van der Waals surface area contributed by atoms with Gasteiger partial charge in [-0.1, -0.05) is 56.5 Å². The van der Waals surface area contributed by atoms with E-state index in [9.17, 15) is 9.90 Å². The molecule has 0 atom stereocenters. The number of hydrogen-bond acceptors (Lipinski definition) is 4. The van der Waals surface area contributed by atoms with Gasteiger partial charge in [0.2, 0.25) is 5.55 Å². The molecule has 1 amide bonds. The summed E-state index contributed by atoms with van der Waals surface area (Å²) in [4.78, 5) is 16.3. The predicted octanol–water partition coefficient (Wildman–Crippen LogP) is 4.46. The number of carbonyl (C=O) groups is 1. The number of unbranched alkanes of at least 4 members (excludes halogenated alkanes) is 3. The zero-order chi connectivity index (χ0) is 19.9. The number of primary amides is 1. The number of aromatic hydroxyl groups is 1. The van der Waals surface area contributed by atoms with Gasteiger partial charge in [0.15, 0.2) is 0 Å². The van der Waals surface area contributed by atoms with Crippen LogP contribution >= 0.6 is 0 Å². The van der Waals surface area contributed by atoms with E-state index in [1.165, 1.54) is 12.8 Å². The molecule has 5 nitrogen and oxygen atoms in total. The van der Waals surface area contributed by atoms with Crippen molar-refractivity contribution in [3.05, 3.63) is 70.8 Å². The van der Waals surface area contributed by atoms with E-state index < -0.39 is 5.91 Å². The van der Waals surface area contributed by atoms with E-state index in [4.69, 9.17) is 10.2 Å². The highest BCUT2D eigenvalue weighted by atomic mass is 16.3. The number of carbonyl (C=O) groups excluding carboxylic acids is 1. The number of fused-ring (bicyclic) bond motifs is 1. The molecule has 1 aromatic heterocycles. The molecule has 0 bridgehead atoms. The molecule has 3 aromatic rings. The van der Waals surface area contributed by atoms with E-state index in [2.05, 4.69) is 11.9 Å². The molecular weight excluding hydrogens is 352 g/mol. The van der Waals surface area contributed by atoms with E-state index >= 15 is 0 Å². The van der Waals surface area contributed by atoms with Gasteiger partial charge in [-0.05, 0) is 36.1 Å². The van der Waals surface area contributed by atoms with Gasteiger partial charge in [-0.2, -0.15) is 0 Å². The van der Waals surface area contributed by atoms with Gasteiger partial charge in [0.1, 0.15) is 16.9 Å². The van der Waals surface area contributed by atoms with E-state index in [0.29, 0.717) is 12.1 Å². The molecule has 146 valence electrons. The fraction of sp³-hybridized carbons (Fsp3) is 0.304. The first-order chi connectivity index (χ1) is 13.6. The molecule has 0 aliphatic carbocycles. The van der Waals surface area contributed by atoms with Crippen LogP contribution in [0.5, 0.6) is 5.75 Å². The zero-order valence-corrected chi connectivity index (χ0v) is 16.1. The van der Waals surface area contributed by atoms with Gasteiger partial charge in [-0.3, -0.25) is 4.79 Å². The average Bonchev–Trinajstić information content (AvgIpc) is 2.70. The molecule has 2 aromatic carbocycles. The Bertz CT molecular complexity index is 1020. The summed E-state index contributed by atoms with van der Waals surface area (Å²) in [7, 11) is 0. The largest absolute Gasteiger partial charge is 0.508 e. The van der Waals surface area contributed by atoms with Gasteiger partial charge in [0.05, 0.1) is 6.54 Å². The first-order valence-corrected chi connectivity index (χ1v) is 9.72. The molecule has 3 N–H and O–H groups in total. The minimum Gasteiger partial charge on any atom is -0.508 e. The van der Waals surface area contributed by atoms with E-state index in [1.807, 2.05) is 36.4 Å². The number of hydrogen-bond donors (Lipinski definition) is 2. The number of rotatable bonds is 8. The molecule has 5 heteroatoms. The molecular formula is C23H26N2O3. The van der Waals surface area contributed by atoms with Gasteiger partial charge in [0.25, 0.3) is 5.91 Å². The fourth-order valence-electron chi connectivity index (χ4n) is 3.19. The Labute approximate surface area is 164 Å². The lowest BCUT2D eigenvalue weighted by Gasteiger charge is -2.08. The highest BCUT2D eigenvalue weighted by Gasteiger charge is 2.12. The monoisotopic (exact) mass is 378 g/mol. The number of phenolic OH excluding ortho intramolecular Hbond substituents is 1. The average molecular weight is 378 g/mol. The van der Waals surface area contributed by atoms with Gasteiger partial charge >= 0.3 is 0 Å². The summed E-state index contributed by atoms with van der Waals surface area (Å²) >= 11 is 0. The van der Waals surface area contributed by atoms with Crippen LogP contribution in [0.25, 0.3) is 11.0 Å². The lowest BCUT2D eigenvalue weighted by molar-refractivity contribution is 0.0996. The van der Waals surface area contributed by atoms with Crippen molar-refractivity contribution in [2.24, 2.45) is 10.7 Å². The van der Waals surface area contributed by atoms with E-state index in [-0.39, 0.29) is 16.9 Å². The maximum absolute atomic E-state index is 11.9. The van der Waals surface area contributed by atoms with Crippen molar-refractivity contribution in [3.63, 3.8) is 0 Å². The highest BCUT2D eigenvalue weighted by molar-refractivity contribution is 5.95. The Kier molecular flexibility index (Phi) is 6.48. The van der Waals surface area contributed by atoms with Gasteiger partial charge in [0, 0.05) is 11.5 Å². The summed E-state index contributed by atoms with van der Waals surface area (Å²) < 4.78 is 5.83. The third-order valence-corrected chi connectivity index (χ3v) is 4.76. The van der Waals surface area contributed by atoms with Gasteiger partial charge in [-0.15, -0.1) is 0 Å². The van der Waals surface area contributed by atoms with Crippen molar-refractivity contribution in [1.82, 2.24) is 0 Å². The second kappa shape index (κ2) is 9.22. The second-order valence-corrected chi connectivity index (χ2v) is 6.96. The van der Waals surface area contributed by atoms with Crippen LogP contribution in [-0.2, 0) is 13.0 Å². The van der Waals surface area contributed by atoms with Crippen molar-refractivity contribution in [2.45, 2.75) is 45.6 Å². The molecule has 0 unspecified atom stereocenters. The summed E-state index contributed by atoms with van der Waals surface area (Å²) in [6.07, 6.45) is 5.27. The molecule has 0 spiro atoms. The maximum atomic E-state index is 11.9. The van der Waals surface area contributed by atoms with Crippen molar-refractivity contribution >= 4 is 16.9 Å². The van der Waals surface area contributed by atoms with Crippen molar-refractivity contribution in [3.8, 4) is 5.75 Å². The molecule has 0 aliphatic heterocycles. The number of aryl methyl sites for hydroxylation is 1. The SMILES string of the molecule is CCCCCCc1cc2cc(C(N)=O)c(=NCc3ccccc3)oc2cc1O. The molecule has 0 saturated heterocycles. The molecule has 0 fully saturated rings. The summed E-state index contributed by atoms with van der Waals surface area (Å²) in [5, 5.41) is 11.1. The van der Waals surface area contributed by atoms with Crippen LogP contribution in [0, 0.1) is 0 Å². The number of nitrogens with zero attached hydrogens (tertiary/aromatic N) is 1. The first-order valence-electron chi connectivity index (χ1n) is 9.72. The zero-order valence-electron chi connectivity index (χ0n) is 16.1. The number of amides is 1. The van der Waals surface area contributed by atoms with Gasteiger partial charge < -0.3 is 15.3 Å². The summed E-state index contributed by atoms with van der Waals surface area (Å²) in [6, 6.07) is 14.8. The molecule has 28 heavy (non-hydrogen) atoms. The topological polar surface area (TPSA) is 88.8 Å². The Balaban J connectivity index is 1.96. The molecule has 0 radical (unpaired) electrons. The predicted molar refractivity (Wildman–Crippen MR) is 110 cm³/mol. The molecule has 1 heterocycles. The summed E-state index contributed by atoms with van der Waals surface area (Å²) in [6.45, 7) is 2.54. The van der Waals surface area contributed by atoms with Crippen LogP contribution < -0.4 is 11.3 Å². The molecule has 0 saturated carbocycles. The quantitative estimate of drug-likeness (QED) is 0.567. The normalized spacial score (nSPS) is 11.8. The minimum atomic E-state index is -0.588. The third-order valence-electron chi connectivity index (χ3n) is 4.76. The van der Waals surface area contributed by atoms with Crippen LogP contribution in [0.1, 0.15) is 54.1 Å². The maximum Gasteiger partial charge on any atom is 0.254 e. The Morgan fingerprint density at radius 1 is 1.11 bits per heavy atom. The smallest absolute Gasteiger partial charge is 0.254 e. The van der Waals surface area contributed by atoms with Crippen LogP contribution in [-0.4, -0.2) is 11.0 Å². The molecule has 3 rings (SSSR count). The number of benzene rings is 2. The summed E-state index contributed by atoms with van der Waals surface area (Å²) in [5.41, 5.74) is 8.30. The molecule has 0 aliphatic rings. The minimum absolute atomic E-state index is 0.180. The van der Waals surface area contributed by atoms with Crippen LogP contribution in [0.15, 0.2) is 57.9 Å². The van der Waals surface area contributed by atoms with E-state index in [1.54, 1.807) is 12.1 Å².